The molecule has 5 heteroatoms. The maximum absolute atomic E-state index is 11.7. The zero-order chi connectivity index (χ0) is 14.2. The summed E-state index contributed by atoms with van der Waals surface area (Å²) in [4.78, 5) is 17.1. The molecule has 0 bridgehead atoms. The highest BCUT2D eigenvalue weighted by Gasteiger charge is 2.01. The van der Waals surface area contributed by atoms with Crippen molar-refractivity contribution in [3.63, 3.8) is 0 Å². The van der Waals surface area contributed by atoms with Crippen LogP contribution in [0, 0.1) is 0 Å². The molecule has 0 radical (unpaired) electrons. The van der Waals surface area contributed by atoms with E-state index in [9.17, 15) is 4.79 Å². The van der Waals surface area contributed by atoms with Gasteiger partial charge in [-0.05, 0) is 42.7 Å². The number of hydrogen-bond donors (Lipinski definition) is 2. The highest BCUT2D eigenvalue weighted by atomic mass is 32.2. The lowest BCUT2D eigenvalue weighted by atomic mass is 10.3. The zero-order valence-electron chi connectivity index (χ0n) is 11.3. The van der Waals surface area contributed by atoms with Gasteiger partial charge in [-0.2, -0.15) is 0 Å². The van der Waals surface area contributed by atoms with Crippen molar-refractivity contribution in [3.05, 3.63) is 54.4 Å². The molecular weight excluding hydrogens is 270 g/mol. The van der Waals surface area contributed by atoms with Gasteiger partial charge in [0, 0.05) is 35.4 Å². The number of anilines is 1. The number of rotatable bonds is 5. The Hall–Kier alpha value is -2.01. The van der Waals surface area contributed by atoms with Gasteiger partial charge >= 0.3 is 6.03 Å². The third-order valence-corrected chi connectivity index (χ3v) is 3.48. The van der Waals surface area contributed by atoms with Crippen molar-refractivity contribution in [2.75, 3.05) is 18.1 Å². The van der Waals surface area contributed by atoms with Crippen LogP contribution in [0.1, 0.15) is 5.69 Å². The van der Waals surface area contributed by atoms with Crippen LogP contribution in [0.15, 0.2) is 53.6 Å². The van der Waals surface area contributed by atoms with Gasteiger partial charge in [0.2, 0.25) is 0 Å². The number of thioether (sulfide) groups is 1. The number of aromatic nitrogens is 1. The number of carbonyl (C=O) groups is 1. The van der Waals surface area contributed by atoms with Crippen molar-refractivity contribution >= 4 is 23.5 Å². The molecule has 2 amide bonds. The number of carbonyl (C=O) groups excluding carboxylic acids is 1. The van der Waals surface area contributed by atoms with Gasteiger partial charge in [-0.15, -0.1) is 11.8 Å². The van der Waals surface area contributed by atoms with E-state index in [1.165, 1.54) is 4.90 Å². The Morgan fingerprint density at radius 2 is 2.00 bits per heavy atom. The average Bonchev–Trinajstić information content (AvgIpc) is 2.49. The van der Waals surface area contributed by atoms with E-state index < -0.39 is 0 Å². The largest absolute Gasteiger partial charge is 0.337 e. The van der Waals surface area contributed by atoms with Crippen molar-refractivity contribution in [1.82, 2.24) is 10.3 Å². The van der Waals surface area contributed by atoms with Gasteiger partial charge in [-0.25, -0.2) is 4.79 Å². The minimum Gasteiger partial charge on any atom is -0.337 e. The molecule has 4 nitrogen and oxygen atoms in total. The molecule has 2 aromatic rings. The smallest absolute Gasteiger partial charge is 0.319 e. The van der Waals surface area contributed by atoms with Crippen LogP contribution in [-0.4, -0.2) is 23.8 Å². The van der Waals surface area contributed by atoms with Gasteiger partial charge in [0.05, 0.1) is 0 Å². The van der Waals surface area contributed by atoms with Crippen LogP contribution >= 0.6 is 11.8 Å². The van der Waals surface area contributed by atoms with Crippen LogP contribution in [0.5, 0.6) is 0 Å². The first-order valence-electron chi connectivity index (χ1n) is 6.37. The third kappa shape index (κ3) is 4.59. The summed E-state index contributed by atoms with van der Waals surface area (Å²) in [7, 11) is 0. The molecule has 0 fully saturated rings. The molecule has 1 aromatic carbocycles. The van der Waals surface area contributed by atoms with Crippen LogP contribution < -0.4 is 10.6 Å². The van der Waals surface area contributed by atoms with Crippen molar-refractivity contribution in [1.29, 1.82) is 0 Å². The molecule has 2 rings (SSSR count). The Labute approximate surface area is 123 Å². The molecule has 0 unspecified atom stereocenters. The molecule has 0 aliphatic rings. The Bertz CT molecular complexity index is 543. The summed E-state index contributed by atoms with van der Waals surface area (Å²) in [5.74, 6) is 0. The first kappa shape index (κ1) is 14.4. The first-order chi connectivity index (χ1) is 9.78. The first-order valence-corrected chi connectivity index (χ1v) is 7.59. The average molecular weight is 287 g/mol. The fraction of sp³-hybridized carbons (Fsp3) is 0.200. The van der Waals surface area contributed by atoms with Gasteiger partial charge in [0.25, 0.3) is 0 Å². The maximum Gasteiger partial charge on any atom is 0.319 e. The van der Waals surface area contributed by atoms with E-state index in [0.717, 1.165) is 17.8 Å². The fourth-order valence-electron chi connectivity index (χ4n) is 1.70. The molecule has 1 aromatic heterocycles. The molecular formula is C15H17N3OS. The number of nitrogens with one attached hydrogen (secondary N) is 2. The second-order valence-electron chi connectivity index (χ2n) is 4.18. The van der Waals surface area contributed by atoms with E-state index in [-0.39, 0.29) is 6.03 Å². The van der Waals surface area contributed by atoms with Crippen LogP contribution in [0.25, 0.3) is 0 Å². The molecule has 0 aliphatic heterocycles. The summed E-state index contributed by atoms with van der Waals surface area (Å²) >= 11 is 1.67. The van der Waals surface area contributed by atoms with E-state index in [4.69, 9.17) is 0 Å². The monoisotopic (exact) mass is 287 g/mol. The van der Waals surface area contributed by atoms with Gasteiger partial charge in [-0.1, -0.05) is 6.07 Å². The highest BCUT2D eigenvalue weighted by molar-refractivity contribution is 7.98. The number of benzene rings is 1. The number of urea groups is 1. The number of pyridine rings is 1. The SMILES string of the molecule is CSc1ccc(NC(=O)NCCc2ccccn2)cc1. The summed E-state index contributed by atoms with van der Waals surface area (Å²) in [6.45, 7) is 0.561. The van der Waals surface area contributed by atoms with Gasteiger partial charge in [-0.3, -0.25) is 4.98 Å². The number of hydrogen-bond acceptors (Lipinski definition) is 3. The minimum atomic E-state index is -0.196. The normalized spacial score (nSPS) is 10.1. The third-order valence-electron chi connectivity index (χ3n) is 2.74. The Morgan fingerprint density at radius 3 is 2.65 bits per heavy atom. The molecule has 20 heavy (non-hydrogen) atoms. The summed E-state index contributed by atoms with van der Waals surface area (Å²) in [6, 6.07) is 13.3. The maximum atomic E-state index is 11.7. The highest BCUT2D eigenvalue weighted by Crippen LogP contribution is 2.17. The Morgan fingerprint density at radius 1 is 1.20 bits per heavy atom. The lowest BCUT2D eigenvalue weighted by Gasteiger charge is -2.07. The lowest BCUT2D eigenvalue weighted by Crippen LogP contribution is -2.30. The van der Waals surface area contributed by atoms with Crippen LogP contribution in [0.3, 0.4) is 0 Å². The number of nitrogens with zero attached hydrogens (tertiary/aromatic N) is 1. The van der Waals surface area contributed by atoms with Crippen molar-refractivity contribution in [3.8, 4) is 0 Å². The summed E-state index contributed by atoms with van der Waals surface area (Å²) < 4.78 is 0. The Balaban J connectivity index is 1.74. The second-order valence-corrected chi connectivity index (χ2v) is 5.06. The quantitative estimate of drug-likeness (QED) is 0.831. The molecule has 2 N–H and O–H groups in total. The molecule has 0 atom stereocenters. The van der Waals surface area contributed by atoms with Crippen molar-refractivity contribution in [2.24, 2.45) is 0 Å². The molecule has 0 spiro atoms. The summed E-state index contributed by atoms with van der Waals surface area (Å²) in [5, 5.41) is 5.61. The van der Waals surface area contributed by atoms with Crippen LogP contribution in [0.2, 0.25) is 0 Å². The minimum absolute atomic E-state index is 0.196. The fourth-order valence-corrected chi connectivity index (χ4v) is 2.11. The standard InChI is InChI=1S/C15H17N3OS/c1-20-14-7-5-13(6-8-14)18-15(19)17-11-9-12-4-2-3-10-16-12/h2-8,10H,9,11H2,1H3,(H2,17,18,19). The zero-order valence-corrected chi connectivity index (χ0v) is 12.1. The van der Waals surface area contributed by atoms with Crippen molar-refractivity contribution in [2.45, 2.75) is 11.3 Å². The van der Waals surface area contributed by atoms with Gasteiger partial charge < -0.3 is 10.6 Å². The van der Waals surface area contributed by atoms with Crippen molar-refractivity contribution < 1.29 is 4.79 Å². The molecule has 1 heterocycles. The van der Waals surface area contributed by atoms with E-state index >= 15 is 0 Å². The van der Waals surface area contributed by atoms with Gasteiger partial charge in [0.1, 0.15) is 0 Å². The molecule has 104 valence electrons. The second kappa shape index (κ2) is 7.55. The molecule has 0 aliphatic carbocycles. The van der Waals surface area contributed by atoms with E-state index in [0.29, 0.717) is 6.54 Å². The van der Waals surface area contributed by atoms with Gasteiger partial charge in [0.15, 0.2) is 0 Å². The van der Waals surface area contributed by atoms with Crippen LogP contribution in [0.4, 0.5) is 10.5 Å². The molecule has 0 saturated carbocycles. The summed E-state index contributed by atoms with van der Waals surface area (Å²) in [6.07, 6.45) is 4.50. The lowest BCUT2D eigenvalue weighted by molar-refractivity contribution is 0.252. The predicted molar refractivity (Wildman–Crippen MR) is 83.2 cm³/mol. The summed E-state index contributed by atoms with van der Waals surface area (Å²) in [5.41, 5.74) is 1.76. The number of amides is 2. The van der Waals surface area contributed by atoms with E-state index in [1.54, 1.807) is 18.0 Å². The molecule has 0 saturated heterocycles. The predicted octanol–water partition coefficient (Wildman–Crippen LogP) is 3.17. The van der Waals surface area contributed by atoms with E-state index in [2.05, 4.69) is 15.6 Å². The van der Waals surface area contributed by atoms with Crippen LogP contribution in [-0.2, 0) is 6.42 Å². The Kier molecular flexibility index (Phi) is 5.43. The topological polar surface area (TPSA) is 54.0 Å². The van der Waals surface area contributed by atoms with E-state index in [1.807, 2.05) is 48.7 Å².